The van der Waals surface area contributed by atoms with Crippen molar-refractivity contribution in [1.82, 2.24) is 7.76 Å². The second-order valence-corrected chi connectivity index (χ2v) is 3.45. The fourth-order valence-corrected chi connectivity index (χ4v) is 1.67. The Morgan fingerprint density at radius 1 is 1.36 bits per heavy atom. The molecule has 0 aliphatic heterocycles. The van der Waals surface area contributed by atoms with Crippen LogP contribution in [0.25, 0.3) is 11.0 Å². The predicted octanol–water partition coefficient (Wildman–Crippen LogP) is 2.89. The van der Waals surface area contributed by atoms with Gasteiger partial charge in [0, 0.05) is 0 Å². The van der Waals surface area contributed by atoms with Crippen molar-refractivity contribution in [1.29, 1.82) is 0 Å². The zero-order chi connectivity index (χ0) is 7.84. The normalized spacial score (nSPS) is 10.7. The van der Waals surface area contributed by atoms with E-state index in [1.54, 1.807) is 0 Å². The number of fused-ring (bicyclic) bond motifs is 1. The first kappa shape index (κ1) is 7.36. The molecule has 0 unspecified atom stereocenters. The van der Waals surface area contributed by atoms with Crippen LogP contribution in [0.15, 0.2) is 24.3 Å². The Bertz CT molecular complexity index is 396. The molecule has 0 fully saturated rings. The Morgan fingerprint density at radius 3 is 2.82 bits per heavy atom. The second kappa shape index (κ2) is 2.64. The van der Waals surface area contributed by atoms with E-state index in [0.717, 1.165) is 11.0 Å². The molecule has 56 valence electrons. The Morgan fingerprint density at radius 2 is 2.09 bits per heavy atom. The Hall–Kier alpha value is -0.290. The number of para-hydroxylation sites is 2. The summed E-state index contributed by atoms with van der Waals surface area (Å²) in [4.78, 5) is 4.13. The molecule has 0 atom stereocenters. The van der Waals surface area contributed by atoms with E-state index in [2.05, 4.69) is 27.8 Å². The summed E-state index contributed by atoms with van der Waals surface area (Å²) in [7, 11) is 0. The van der Waals surface area contributed by atoms with Gasteiger partial charge in [-0.1, -0.05) is 12.1 Å². The minimum atomic E-state index is 0.520. The highest BCUT2D eigenvalue weighted by molar-refractivity contribution is 14.1. The van der Waals surface area contributed by atoms with Crippen LogP contribution in [0.1, 0.15) is 0 Å². The van der Waals surface area contributed by atoms with Gasteiger partial charge in [0.05, 0.1) is 33.9 Å². The van der Waals surface area contributed by atoms with Crippen molar-refractivity contribution in [2.24, 2.45) is 0 Å². The molecular formula is C7H4ClIN2. The summed E-state index contributed by atoms with van der Waals surface area (Å²) in [6.45, 7) is 0. The Balaban J connectivity index is 2.92. The SMILES string of the molecule is Clc1nc2ccccc2n1I. The molecule has 0 radical (unpaired) electrons. The van der Waals surface area contributed by atoms with Gasteiger partial charge in [-0.2, -0.15) is 0 Å². The monoisotopic (exact) mass is 278 g/mol. The summed E-state index contributed by atoms with van der Waals surface area (Å²) in [5.41, 5.74) is 1.99. The van der Waals surface area contributed by atoms with Crippen LogP contribution < -0.4 is 0 Å². The van der Waals surface area contributed by atoms with E-state index >= 15 is 0 Å². The van der Waals surface area contributed by atoms with E-state index in [9.17, 15) is 0 Å². The highest BCUT2D eigenvalue weighted by atomic mass is 127. The molecule has 1 aromatic heterocycles. The number of aromatic nitrogens is 2. The van der Waals surface area contributed by atoms with Gasteiger partial charge >= 0.3 is 0 Å². The number of hydrogen-bond donors (Lipinski definition) is 0. The van der Waals surface area contributed by atoms with Crippen LogP contribution in [0, 0.1) is 0 Å². The molecule has 0 bridgehead atoms. The molecule has 11 heavy (non-hydrogen) atoms. The van der Waals surface area contributed by atoms with Gasteiger partial charge in [-0.3, -0.25) is 2.78 Å². The van der Waals surface area contributed by atoms with E-state index in [0.29, 0.717) is 5.28 Å². The maximum atomic E-state index is 5.80. The van der Waals surface area contributed by atoms with Crippen molar-refractivity contribution in [3.05, 3.63) is 29.5 Å². The summed E-state index contributed by atoms with van der Waals surface area (Å²) in [5.74, 6) is 0. The van der Waals surface area contributed by atoms with Crippen LogP contribution in [0.5, 0.6) is 0 Å². The smallest absolute Gasteiger partial charge is 0.212 e. The lowest BCUT2D eigenvalue weighted by atomic mass is 10.3. The summed E-state index contributed by atoms with van der Waals surface area (Å²) in [6.07, 6.45) is 0. The fourth-order valence-electron chi connectivity index (χ4n) is 0.967. The molecule has 0 aliphatic carbocycles. The van der Waals surface area contributed by atoms with Gasteiger partial charge in [-0.25, -0.2) is 4.98 Å². The third-order valence-electron chi connectivity index (χ3n) is 1.47. The minimum Gasteiger partial charge on any atom is -0.255 e. The van der Waals surface area contributed by atoms with Crippen molar-refractivity contribution < 1.29 is 0 Å². The van der Waals surface area contributed by atoms with Crippen molar-refractivity contribution in [2.75, 3.05) is 0 Å². The molecular weight excluding hydrogens is 274 g/mol. The fraction of sp³-hybridized carbons (Fsp3) is 0. The topological polar surface area (TPSA) is 17.8 Å². The van der Waals surface area contributed by atoms with Crippen LogP contribution in [0.4, 0.5) is 0 Å². The van der Waals surface area contributed by atoms with Gasteiger partial charge in [0.2, 0.25) is 5.28 Å². The van der Waals surface area contributed by atoms with E-state index in [1.807, 2.05) is 27.0 Å². The highest BCUT2D eigenvalue weighted by Crippen LogP contribution is 2.21. The maximum absolute atomic E-state index is 5.80. The van der Waals surface area contributed by atoms with Crippen LogP contribution in [0.3, 0.4) is 0 Å². The number of rotatable bonds is 0. The van der Waals surface area contributed by atoms with Gasteiger partial charge in [-0.15, -0.1) is 0 Å². The number of imidazole rings is 1. The lowest BCUT2D eigenvalue weighted by molar-refractivity contribution is 1.31. The number of halogens is 2. The van der Waals surface area contributed by atoms with E-state index < -0.39 is 0 Å². The largest absolute Gasteiger partial charge is 0.255 e. The quantitative estimate of drug-likeness (QED) is 0.678. The summed E-state index contributed by atoms with van der Waals surface area (Å²) < 4.78 is 1.83. The molecule has 0 N–H and O–H groups in total. The summed E-state index contributed by atoms with van der Waals surface area (Å²) in [6, 6.07) is 7.84. The average molecular weight is 278 g/mol. The van der Waals surface area contributed by atoms with Gasteiger partial charge in [-0.05, 0) is 23.7 Å². The number of nitrogens with zero attached hydrogens (tertiary/aromatic N) is 2. The van der Waals surface area contributed by atoms with Crippen LogP contribution in [0.2, 0.25) is 5.28 Å². The summed E-state index contributed by atoms with van der Waals surface area (Å²) >= 11 is 7.92. The molecule has 0 saturated heterocycles. The zero-order valence-corrected chi connectivity index (χ0v) is 8.37. The van der Waals surface area contributed by atoms with Crippen molar-refractivity contribution in [3.8, 4) is 0 Å². The first-order chi connectivity index (χ1) is 5.29. The molecule has 1 heterocycles. The van der Waals surface area contributed by atoms with Gasteiger partial charge in [0.15, 0.2) is 0 Å². The van der Waals surface area contributed by atoms with Crippen LogP contribution in [-0.2, 0) is 0 Å². The first-order valence-electron chi connectivity index (χ1n) is 3.08. The van der Waals surface area contributed by atoms with Crippen LogP contribution >= 0.6 is 34.5 Å². The lowest BCUT2D eigenvalue weighted by Crippen LogP contribution is -1.75. The second-order valence-electron chi connectivity index (χ2n) is 2.15. The molecule has 0 amide bonds. The average Bonchev–Trinajstić information content (AvgIpc) is 2.30. The lowest BCUT2D eigenvalue weighted by Gasteiger charge is -1.89. The van der Waals surface area contributed by atoms with Gasteiger partial charge in [0.25, 0.3) is 0 Å². The third kappa shape index (κ3) is 1.12. The van der Waals surface area contributed by atoms with E-state index in [1.165, 1.54) is 0 Å². The minimum absolute atomic E-state index is 0.520. The molecule has 2 nitrogen and oxygen atoms in total. The summed E-state index contributed by atoms with van der Waals surface area (Å²) in [5, 5.41) is 0.520. The van der Waals surface area contributed by atoms with Crippen molar-refractivity contribution in [3.63, 3.8) is 0 Å². The van der Waals surface area contributed by atoms with Crippen LogP contribution in [-0.4, -0.2) is 7.76 Å². The van der Waals surface area contributed by atoms with Crippen molar-refractivity contribution >= 4 is 45.5 Å². The number of benzene rings is 1. The molecule has 2 aromatic rings. The first-order valence-corrected chi connectivity index (χ1v) is 4.42. The molecule has 0 aliphatic rings. The van der Waals surface area contributed by atoms with Gasteiger partial charge < -0.3 is 0 Å². The van der Waals surface area contributed by atoms with Crippen molar-refractivity contribution in [2.45, 2.75) is 0 Å². The Labute approximate surface area is 82.7 Å². The standard InChI is InChI=1S/C7H4ClIN2/c8-7-10-5-3-1-2-4-6(5)11(7)9/h1-4H. The molecule has 0 spiro atoms. The number of hydrogen-bond acceptors (Lipinski definition) is 1. The molecule has 0 saturated carbocycles. The van der Waals surface area contributed by atoms with Gasteiger partial charge in [0.1, 0.15) is 0 Å². The molecule has 2 rings (SSSR count). The van der Waals surface area contributed by atoms with E-state index in [-0.39, 0.29) is 0 Å². The predicted molar refractivity (Wildman–Crippen MR) is 54.2 cm³/mol. The molecule has 4 heteroatoms. The maximum Gasteiger partial charge on any atom is 0.212 e. The molecule has 1 aromatic carbocycles. The zero-order valence-electron chi connectivity index (χ0n) is 5.46. The highest BCUT2D eigenvalue weighted by Gasteiger charge is 2.03. The third-order valence-corrected chi connectivity index (χ3v) is 2.98. The Kier molecular flexibility index (Phi) is 1.77. The van der Waals surface area contributed by atoms with E-state index in [4.69, 9.17) is 11.6 Å².